The van der Waals surface area contributed by atoms with Crippen LogP contribution in [-0.2, 0) is 14.9 Å². The second-order valence-electron chi connectivity index (χ2n) is 5.33. The molecule has 2 aromatic rings. The summed E-state index contributed by atoms with van der Waals surface area (Å²) in [6, 6.07) is 2.97. The van der Waals surface area contributed by atoms with Crippen molar-refractivity contribution in [2.45, 2.75) is 18.3 Å². The minimum absolute atomic E-state index is 0.228. The Morgan fingerprint density at radius 3 is 2.86 bits per heavy atom. The van der Waals surface area contributed by atoms with Crippen molar-refractivity contribution in [1.29, 1.82) is 0 Å². The molecule has 8 heteroatoms. The van der Waals surface area contributed by atoms with Crippen LogP contribution in [0.3, 0.4) is 0 Å². The molecule has 2 aromatic heterocycles. The lowest BCUT2D eigenvalue weighted by Crippen LogP contribution is -2.38. The molecular formula is C14H16ClN3O4. The highest BCUT2D eigenvalue weighted by atomic mass is 35.5. The van der Waals surface area contributed by atoms with Gasteiger partial charge in [-0.15, -0.1) is 0 Å². The molecule has 0 amide bonds. The van der Waals surface area contributed by atoms with E-state index in [0.29, 0.717) is 37.1 Å². The Morgan fingerprint density at radius 1 is 1.41 bits per heavy atom. The number of pyridine rings is 1. The standard InChI is InChI=1S/C14H16ClN3O4/c1-20-8-14(2-4-21-5-3-14)13-17-12(18-22-13)9-6-10(15)16-11(19)7-9/h6-7H,2-5,8H2,1H3,(H,16,19). The number of nitrogens with zero attached hydrogens (tertiary/aromatic N) is 2. The fraction of sp³-hybridized carbons (Fsp3) is 0.500. The van der Waals surface area contributed by atoms with Crippen LogP contribution >= 0.6 is 11.6 Å². The molecule has 1 aliphatic rings. The maximum Gasteiger partial charge on any atom is 0.249 e. The lowest BCUT2D eigenvalue weighted by Gasteiger charge is -2.32. The number of hydrogen-bond donors (Lipinski definition) is 1. The van der Waals surface area contributed by atoms with Crippen LogP contribution in [0.1, 0.15) is 18.7 Å². The fourth-order valence-electron chi connectivity index (χ4n) is 2.65. The molecule has 1 fully saturated rings. The molecular weight excluding hydrogens is 310 g/mol. The van der Waals surface area contributed by atoms with Crippen molar-refractivity contribution in [3.63, 3.8) is 0 Å². The van der Waals surface area contributed by atoms with E-state index in [-0.39, 0.29) is 16.1 Å². The van der Waals surface area contributed by atoms with E-state index < -0.39 is 0 Å². The van der Waals surface area contributed by atoms with Crippen LogP contribution in [0.5, 0.6) is 0 Å². The number of rotatable bonds is 4. The van der Waals surface area contributed by atoms with Crippen molar-refractivity contribution in [3.8, 4) is 11.4 Å². The van der Waals surface area contributed by atoms with E-state index in [1.807, 2.05) is 0 Å². The summed E-state index contributed by atoms with van der Waals surface area (Å²) in [5, 5.41) is 4.21. The molecule has 0 aromatic carbocycles. The molecule has 0 bridgehead atoms. The Balaban J connectivity index is 1.96. The Hall–Kier alpha value is -1.70. The zero-order valence-electron chi connectivity index (χ0n) is 12.1. The van der Waals surface area contributed by atoms with Crippen molar-refractivity contribution in [3.05, 3.63) is 33.5 Å². The number of hydrogen-bond acceptors (Lipinski definition) is 6. The molecule has 1 N–H and O–H groups in total. The van der Waals surface area contributed by atoms with Crippen molar-refractivity contribution in [2.75, 3.05) is 26.9 Å². The first-order valence-corrected chi connectivity index (χ1v) is 7.32. The summed E-state index contributed by atoms with van der Waals surface area (Å²) in [5.41, 5.74) is -0.140. The molecule has 0 unspecified atom stereocenters. The number of H-pyrrole nitrogens is 1. The van der Waals surface area contributed by atoms with Gasteiger partial charge in [0.25, 0.3) is 0 Å². The molecule has 3 rings (SSSR count). The molecule has 0 aliphatic carbocycles. The van der Waals surface area contributed by atoms with Gasteiger partial charge in [-0.25, -0.2) is 0 Å². The number of aromatic nitrogens is 3. The number of aromatic amines is 1. The summed E-state index contributed by atoms with van der Waals surface area (Å²) in [6.07, 6.45) is 1.50. The molecule has 22 heavy (non-hydrogen) atoms. The van der Waals surface area contributed by atoms with Gasteiger partial charge in [-0.2, -0.15) is 4.98 Å². The van der Waals surface area contributed by atoms with Crippen LogP contribution in [-0.4, -0.2) is 42.1 Å². The normalized spacial score (nSPS) is 17.5. The number of methoxy groups -OCH3 is 1. The lowest BCUT2D eigenvalue weighted by atomic mass is 9.81. The summed E-state index contributed by atoms with van der Waals surface area (Å²) in [5.74, 6) is 0.842. The smallest absolute Gasteiger partial charge is 0.249 e. The van der Waals surface area contributed by atoms with Gasteiger partial charge in [0.1, 0.15) is 5.15 Å². The Bertz CT molecular complexity index is 701. The highest BCUT2D eigenvalue weighted by Gasteiger charge is 2.40. The third-order valence-electron chi connectivity index (χ3n) is 3.82. The molecule has 0 atom stereocenters. The van der Waals surface area contributed by atoms with Crippen molar-refractivity contribution in [1.82, 2.24) is 15.1 Å². The highest BCUT2D eigenvalue weighted by Crippen LogP contribution is 2.35. The minimum Gasteiger partial charge on any atom is -0.384 e. The minimum atomic E-state index is -0.344. The van der Waals surface area contributed by atoms with E-state index in [4.69, 9.17) is 25.6 Å². The van der Waals surface area contributed by atoms with E-state index in [1.54, 1.807) is 13.2 Å². The van der Waals surface area contributed by atoms with Gasteiger partial charge < -0.3 is 19.0 Å². The summed E-state index contributed by atoms with van der Waals surface area (Å²) in [4.78, 5) is 18.4. The second kappa shape index (κ2) is 6.20. The Kier molecular flexibility index (Phi) is 4.28. The average Bonchev–Trinajstić information content (AvgIpc) is 2.98. The maximum atomic E-state index is 11.5. The van der Waals surface area contributed by atoms with Crippen LogP contribution in [0.2, 0.25) is 5.15 Å². The van der Waals surface area contributed by atoms with Gasteiger partial charge in [-0.05, 0) is 18.9 Å². The largest absolute Gasteiger partial charge is 0.384 e. The van der Waals surface area contributed by atoms with Gasteiger partial charge in [0.05, 0.1) is 12.0 Å². The van der Waals surface area contributed by atoms with E-state index >= 15 is 0 Å². The summed E-state index contributed by atoms with van der Waals surface area (Å²) < 4.78 is 16.2. The van der Waals surface area contributed by atoms with Crippen molar-refractivity contribution < 1.29 is 14.0 Å². The lowest BCUT2D eigenvalue weighted by molar-refractivity contribution is 0.000216. The molecule has 3 heterocycles. The predicted molar refractivity (Wildman–Crippen MR) is 79.0 cm³/mol. The fourth-order valence-corrected chi connectivity index (χ4v) is 2.86. The van der Waals surface area contributed by atoms with Crippen LogP contribution < -0.4 is 5.56 Å². The van der Waals surface area contributed by atoms with E-state index in [9.17, 15) is 4.79 Å². The average molecular weight is 326 g/mol. The van der Waals surface area contributed by atoms with E-state index in [2.05, 4.69) is 15.1 Å². The molecule has 0 radical (unpaired) electrons. The number of nitrogens with one attached hydrogen (secondary N) is 1. The van der Waals surface area contributed by atoms with Crippen LogP contribution in [0, 0.1) is 0 Å². The molecule has 118 valence electrons. The van der Waals surface area contributed by atoms with Gasteiger partial charge in [0.2, 0.25) is 17.3 Å². The van der Waals surface area contributed by atoms with Gasteiger partial charge in [0.15, 0.2) is 0 Å². The van der Waals surface area contributed by atoms with Gasteiger partial charge in [-0.1, -0.05) is 16.8 Å². The van der Waals surface area contributed by atoms with Crippen LogP contribution in [0.25, 0.3) is 11.4 Å². The van der Waals surface area contributed by atoms with E-state index in [1.165, 1.54) is 6.07 Å². The quantitative estimate of drug-likeness (QED) is 0.862. The zero-order chi connectivity index (χ0) is 15.6. The second-order valence-corrected chi connectivity index (χ2v) is 5.74. The van der Waals surface area contributed by atoms with Crippen molar-refractivity contribution >= 4 is 11.6 Å². The summed E-state index contributed by atoms with van der Waals surface area (Å²) >= 11 is 5.85. The SMILES string of the molecule is COCC1(c2nc(-c3cc(Cl)[nH]c(=O)c3)no2)CCOCC1. The topological polar surface area (TPSA) is 90.2 Å². The number of ether oxygens (including phenoxy) is 2. The number of halogens is 1. The first-order valence-electron chi connectivity index (χ1n) is 6.94. The van der Waals surface area contributed by atoms with Gasteiger partial charge >= 0.3 is 0 Å². The van der Waals surface area contributed by atoms with Crippen LogP contribution in [0.4, 0.5) is 0 Å². The van der Waals surface area contributed by atoms with Gasteiger partial charge in [0, 0.05) is 32.0 Å². The zero-order valence-corrected chi connectivity index (χ0v) is 12.9. The summed E-state index contributed by atoms with van der Waals surface area (Å²) in [6.45, 7) is 1.73. The molecule has 0 spiro atoms. The molecule has 1 saturated heterocycles. The third-order valence-corrected chi connectivity index (χ3v) is 4.02. The monoisotopic (exact) mass is 325 g/mol. The summed E-state index contributed by atoms with van der Waals surface area (Å²) in [7, 11) is 1.64. The van der Waals surface area contributed by atoms with E-state index in [0.717, 1.165) is 12.8 Å². The molecule has 0 saturated carbocycles. The van der Waals surface area contributed by atoms with Gasteiger partial charge in [-0.3, -0.25) is 4.79 Å². The van der Waals surface area contributed by atoms with Crippen molar-refractivity contribution in [2.24, 2.45) is 0 Å². The first-order chi connectivity index (χ1) is 10.6. The molecule has 1 aliphatic heterocycles. The highest BCUT2D eigenvalue weighted by molar-refractivity contribution is 6.29. The first kappa shape index (κ1) is 15.2. The maximum absolute atomic E-state index is 11.5. The van der Waals surface area contributed by atoms with Crippen LogP contribution in [0.15, 0.2) is 21.5 Å². The predicted octanol–water partition coefficient (Wildman–Crippen LogP) is 1.77. The third kappa shape index (κ3) is 2.92. The molecule has 7 nitrogen and oxygen atoms in total. The Labute approximate surface area is 131 Å². The Morgan fingerprint density at radius 2 is 2.18 bits per heavy atom.